The molecule has 0 spiro atoms. The number of aromatic nitrogens is 5. The van der Waals surface area contributed by atoms with Gasteiger partial charge in [0.25, 0.3) is 0 Å². The number of rotatable bonds is 1. The van der Waals surface area contributed by atoms with Crippen molar-refractivity contribution in [1.29, 1.82) is 0 Å². The van der Waals surface area contributed by atoms with Crippen molar-refractivity contribution in [2.75, 3.05) is 0 Å². The number of benzene rings is 1. The fourth-order valence-electron chi connectivity index (χ4n) is 2.18. The van der Waals surface area contributed by atoms with Gasteiger partial charge in [0.2, 0.25) is 5.28 Å². The summed E-state index contributed by atoms with van der Waals surface area (Å²) in [5.74, 6) is 0. The van der Waals surface area contributed by atoms with E-state index >= 15 is 0 Å². The van der Waals surface area contributed by atoms with Gasteiger partial charge in [-0.2, -0.15) is 10.1 Å². The minimum Gasteiger partial charge on any atom is -0.256 e. The third-order valence-corrected chi connectivity index (χ3v) is 3.29. The number of hydrogen-bond donors (Lipinski definition) is 0. The molecule has 0 aliphatic rings. The van der Waals surface area contributed by atoms with E-state index in [4.69, 9.17) is 11.6 Å². The molecule has 3 aromatic heterocycles. The van der Waals surface area contributed by atoms with E-state index in [1.807, 2.05) is 30.3 Å². The standard InChI is InChI=1S/C14H8ClN5/c15-14-17-7-10-8-18-20(13(10)19-14)11-3-4-12-9(6-11)2-1-5-16-12/h1-8H. The Kier molecular flexibility index (Phi) is 2.40. The molecule has 0 saturated carbocycles. The lowest BCUT2D eigenvalue weighted by Gasteiger charge is -2.04. The van der Waals surface area contributed by atoms with Crippen molar-refractivity contribution in [2.24, 2.45) is 0 Å². The van der Waals surface area contributed by atoms with Gasteiger partial charge in [-0.3, -0.25) is 4.98 Å². The van der Waals surface area contributed by atoms with Crippen LogP contribution in [0.25, 0.3) is 27.6 Å². The van der Waals surface area contributed by atoms with Gasteiger partial charge >= 0.3 is 0 Å². The first-order valence-electron chi connectivity index (χ1n) is 6.03. The minimum absolute atomic E-state index is 0.210. The summed E-state index contributed by atoms with van der Waals surface area (Å²) in [6.45, 7) is 0. The Morgan fingerprint density at radius 3 is 2.90 bits per heavy atom. The van der Waals surface area contributed by atoms with Crippen LogP contribution in [0.2, 0.25) is 5.28 Å². The number of nitrogens with zero attached hydrogens (tertiary/aromatic N) is 5. The summed E-state index contributed by atoms with van der Waals surface area (Å²) >= 11 is 5.86. The summed E-state index contributed by atoms with van der Waals surface area (Å²) in [7, 11) is 0. The monoisotopic (exact) mass is 281 g/mol. The smallest absolute Gasteiger partial charge is 0.224 e. The highest BCUT2D eigenvalue weighted by atomic mass is 35.5. The molecule has 0 unspecified atom stereocenters. The van der Waals surface area contributed by atoms with Crippen LogP contribution >= 0.6 is 11.6 Å². The van der Waals surface area contributed by atoms with E-state index in [2.05, 4.69) is 20.1 Å². The number of hydrogen-bond acceptors (Lipinski definition) is 4. The molecule has 0 atom stereocenters. The highest BCUT2D eigenvalue weighted by Gasteiger charge is 2.08. The number of pyridine rings is 1. The van der Waals surface area contributed by atoms with E-state index in [1.165, 1.54) is 0 Å². The molecular weight excluding hydrogens is 274 g/mol. The molecule has 6 heteroatoms. The first kappa shape index (κ1) is 11.3. The zero-order valence-electron chi connectivity index (χ0n) is 10.2. The molecule has 3 heterocycles. The van der Waals surface area contributed by atoms with Gasteiger partial charge in [0, 0.05) is 17.8 Å². The van der Waals surface area contributed by atoms with Crippen molar-refractivity contribution in [1.82, 2.24) is 24.7 Å². The average Bonchev–Trinajstić information content (AvgIpc) is 2.89. The van der Waals surface area contributed by atoms with Gasteiger partial charge in [-0.05, 0) is 35.9 Å². The van der Waals surface area contributed by atoms with E-state index in [1.54, 1.807) is 23.3 Å². The van der Waals surface area contributed by atoms with Crippen LogP contribution in [0.4, 0.5) is 0 Å². The van der Waals surface area contributed by atoms with Crippen LogP contribution in [0, 0.1) is 0 Å². The summed E-state index contributed by atoms with van der Waals surface area (Å²) in [6, 6.07) is 9.86. The Morgan fingerprint density at radius 1 is 1.00 bits per heavy atom. The second-order valence-corrected chi connectivity index (χ2v) is 4.69. The highest BCUT2D eigenvalue weighted by molar-refractivity contribution is 6.28. The summed E-state index contributed by atoms with van der Waals surface area (Å²) in [5.41, 5.74) is 2.55. The van der Waals surface area contributed by atoms with Crippen molar-refractivity contribution < 1.29 is 0 Å². The third kappa shape index (κ3) is 1.71. The lowest BCUT2D eigenvalue weighted by Crippen LogP contribution is -1.98. The second-order valence-electron chi connectivity index (χ2n) is 4.35. The molecule has 0 bridgehead atoms. The number of fused-ring (bicyclic) bond motifs is 2. The molecule has 5 nitrogen and oxygen atoms in total. The van der Waals surface area contributed by atoms with Crippen LogP contribution in [0.15, 0.2) is 48.9 Å². The Morgan fingerprint density at radius 2 is 1.95 bits per heavy atom. The molecule has 0 radical (unpaired) electrons. The van der Waals surface area contributed by atoms with E-state index in [0.717, 1.165) is 22.0 Å². The van der Waals surface area contributed by atoms with Gasteiger partial charge in [-0.1, -0.05) is 6.07 Å². The predicted octanol–water partition coefficient (Wildman–Crippen LogP) is 3.02. The predicted molar refractivity (Wildman–Crippen MR) is 77.0 cm³/mol. The molecule has 0 saturated heterocycles. The lowest BCUT2D eigenvalue weighted by atomic mass is 10.2. The zero-order valence-corrected chi connectivity index (χ0v) is 11.0. The summed E-state index contributed by atoms with van der Waals surface area (Å²) in [6.07, 6.45) is 5.16. The lowest BCUT2D eigenvalue weighted by molar-refractivity contribution is 0.896. The Labute approximate surface area is 118 Å². The molecule has 96 valence electrons. The fraction of sp³-hybridized carbons (Fsp3) is 0. The largest absolute Gasteiger partial charge is 0.256 e. The normalized spacial score (nSPS) is 11.2. The van der Waals surface area contributed by atoms with Gasteiger partial charge < -0.3 is 0 Å². The van der Waals surface area contributed by atoms with Crippen molar-refractivity contribution in [2.45, 2.75) is 0 Å². The molecule has 0 aliphatic carbocycles. The molecule has 1 aromatic carbocycles. The molecule has 0 N–H and O–H groups in total. The second kappa shape index (κ2) is 4.25. The van der Waals surface area contributed by atoms with Gasteiger partial charge in [-0.15, -0.1) is 0 Å². The van der Waals surface area contributed by atoms with Crippen LogP contribution in [0.3, 0.4) is 0 Å². The van der Waals surface area contributed by atoms with Crippen molar-refractivity contribution in [3.63, 3.8) is 0 Å². The maximum Gasteiger partial charge on any atom is 0.224 e. The van der Waals surface area contributed by atoms with Crippen molar-refractivity contribution in [3.05, 3.63) is 54.2 Å². The highest BCUT2D eigenvalue weighted by Crippen LogP contribution is 2.20. The van der Waals surface area contributed by atoms with Crippen LogP contribution in [0.5, 0.6) is 0 Å². The van der Waals surface area contributed by atoms with E-state index in [-0.39, 0.29) is 5.28 Å². The van der Waals surface area contributed by atoms with Gasteiger partial charge in [-0.25, -0.2) is 9.67 Å². The van der Waals surface area contributed by atoms with Crippen LogP contribution in [-0.2, 0) is 0 Å². The van der Waals surface area contributed by atoms with Crippen LogP contribution in [-0.4, -0.2) is 24.7 Å². The molecule has 4 rings (SSSR count). The van der Waals surface area contributed by atoms with Gasteiger partial charge in [0.1, 0.15) is 0 Å². The Bertz CT molecular complexity index is 931. The maximum absolute atomic E-state index is 5.86. The average molecular weight is 282 g/mol. The summed E-state index contributed by atoms with van der Waals surface area (Å²) in [4.78, 5) is 12.5. The fourth-order valence-corrected chi connectivity index (χ4v) is 2.31. The topological polar surface area (TPSA) is 56.5 Å². The van der Waals surface area contributed by atoms with Crippen molar-refractivity contribution in [3.8, 4) is 5.69 Å². The van der Waals surface area contributed by atoms with E-state index in [9.17, 15) is 0 Å². The van der Waals surface area contributed by atoms with Gasteiger partial charge in [0.05, 0.1) is 22.8 Å². The van der Waals surface area contributed by atoms with Crippen LogP contribution < -0.4 is 0 Å². The molecule has 4 aromatic rings. The third-order valence-electron chi connectivity index (χ3n) is 3.11. The minimum atomic E-state index is 0.210. The Hall–Kier alpha value is -2.53. The molecule has 0 amide bonds. The molecule has 20 heavy (non-hydrogen) atoms. The zero-order chi connectivity index (χ0) is 13.5. The first-order valence-corrected chi connectivity index (χ1v) is 6.40. The quantitative estimate of drug-likeness (QED) is 0.503. The summed E-state index contributed by atoms with van der Waals surface area (Å²) < 4.78 is 1.75. The van der Waals surface area contributed by atoms with Gasteiger partial charge in [0.15, 0.2) is 5.65 Å². The molecular formula is C14H8ClN5. The van der Waals surface area contributed by atoms with E-state index in [0.29, 0.717) is 5.65 Å². The maximum atomic E-state index is 5.86. The van der Waals surface area contributed by atoms with Crippen molar-refractivity contribution >= 4 is 33.5 Å². The number of halogens is 1. The SMILES string of the molecule is Clc1ncc2cnn(-c3ccc4ncccc4c3)c2n1. The van der Waals surface area contributed by atoms with E-state index < -0.39 is 0 Å². The molecule has 0 aliphatic heterocycles. The Balaban J connectivity index is 1.98. The van der Waals surface area contributed by atoms with Crippen LogP contribution in [0.1, 0.15) is 0 Å². The molecule has 0 fully saturated rings. The summed E-state index contributed by atoms with van der Waals surface area (Å²) in [5, 5.41) is 6.46. The first-order chi connectivity index (χ1) is 9.81.